The van der Waals surface area contributed by atoms with Crippen LogP contribution < -0.4 is 5.73 Å². The molecule has 1 aliphatic heterocycles. The number of amidine groups is 1. The second-order valence-electron chi connectivity index (χ2n) is 3.39. The van der Waals surface area contributed by atoms with E-state index >= 15 is 0 Å². The van der Waals surface area contributed by atoms with Crippen molar-refractivity contribution < 1.29 is 10.3 Å². The predicted octanol–water partition coefficient (Wildman–Crippen LogP) is -0.420. The van der Waals surface area contributed by atoms with Gasteiger partial charge in [0.15, 0.2) is 5.84 Å². The average Bonchev–Trinajstić information content (AvgIpc) is 2.18. The van der Waals surface area contributed by atoms with E-state index in [9.17, 15) is 0 Å². The third-order valence-corrected chi connectivity index (χ3v) is 2.45. The summed E-state index contributed by atoms with van der Waals surface area (Å²) in [6, 6.07) is 0.175. The van der Waals surface area contributed by atoms with Crippen molar-refractivity contribution in [2.24, 2.45) is 10.9 Å². The third-order valence-electron chi connectivity index (χ3n) is 2.45. The van der Waals surface area contributed by atoms with Crippen LogP contribution in [0.25, 0.3) is 0 Å². The number of aliphatic hydroxyl groups excluding tert-OH is 1. The van der Waals surface area contributed by atoms with Crippen LogP contribution in [0.2, 0.25) is 0 Å². The van der Waals surface area contributed by atoms with E-state index in [4.69, 9.17) is 16.0 Å². The molecule has 0 saturated carbocycles. The van der Waals surface area contributed by atoms with Gasteiger partial charge < -0.3 is 16.0 Å². The van der Waals surface area contributed by atoms with Crippen LogP contribution in [-0.4, -0.2) is 46.8 Å². The molecule has 0 aromatic carbocycles. The van der Waals surface area contributed by atoms with Gasteiger partial charge in [0.2, 0.25) is 0 Å². The quantitative estimate of drug-likeness (QED) is 0.242. The van der Waals surface area contributed by atoms with Crippen molar-refractivity contribution in [3.05, 3.63) is 0 Å². The Hall–Kier alpha value is -0.810. The Bertz CT molecular complexity index is 184. The van der Waals surface area contributed by atoms with E-state index in [2.05, 4.69) is 10.1 Å². The number of piperidine rings is 1. The molecule has 0 spiro atoms. The zero-order valence-corrected chi connectivity index (χ0v) is 7.69. The Balaban J connectivity index is 2.45. The summed E-state index contributed by atoms with van der Waals surface area (Å²) in [6.07, 6.45) is 3.27. The molecule has 1 rings (SSSR count). The van der Waals surface area contributed by atoms with Crippen LogP contribution in [0.1, 0.15) is 19.3 Å². The molecule has 0 bridgehead atoms. The summed E-state index contributed by atoms with van der Waals surface area (Å²) >= 11 is 0. The Kier molecular flexibility index (Phi) is 3.98. The predicted molar refractivity (Wildman–Crippen MR) is 49.7 cm³/mol. The molecule has 1 saturated heterocycles. The van der Waals surface area contributed by atoms with Crippen LogP contribution in [0, 0.1) is 0 Å². The summed E-state index contributed by atoms with van der Waals surface area (Å²) in [5.41, 5.74) is 5.40. The number of hydrogen-bond acceptors (Lipinski definition) is 4. The summed E-state index contributed by atoms with van der Waals surface area (Å²) in [5.74, 6) is 0.209. The van der Waals surface area contributed by atoms with Crippen molar-refractivity contribution in [3.8, 4) is 0 Å². The molecule has 13 heavy (non-hydrogen) atoms. The lowest BCUT2D eigenvalue weighted by Gasteiger charge is -2.33. The molecule has 0 aromatic rings. The first-order valence-electron chi connectivity index (χ1n) is 4.59. The second-order valence-corrected chi connectivity index (χ2v) is 3.39. The number of hydrogen-bond donors (Lipinski definition) is 3. The Morgan fingerprint density at radius 3 is 2.92 bits per heavy atom. The van der Waals surface area contributed by atoms with Gasteiger partial charge in [0, 0.05) is 6.04 Å². The molecule has 76 valence electrons. The number of nitrogens with zero attached hydrogens (tertiary/aromatic N) is 2. The van der Waals surface area contributed by atoms with Crippen LogP contribution in [0.15, 0.2) is 5.16 Å². The topological polar surface area (TPSA) is 82.1 Å². The van der Waals surface area contributed by atoms with Gasteiger partial charge in [0.05, 0.1) is 13.2 Å². The Labute approximate surface area is 77.8 Å². The largest absolute Gasteiger partial charge is 0.409 e. The van der Waals surface area contributed by atoms with E-state index in [0.717, 1.165) is 25.8 Å². The van der Waals surface area contributed by atoms with E-state index in [1.807, 2.05) is 0 Å². The SMILES string of the molecule is N/C(CN1CCCCC1CO)=N\O. The van der Waals surface area contributed by atoms with E-state index in [1.54, 1.807) is 0 Å². The van der Waals surface area contributed by atoms with Gasteiger partial charge >= 0.3 is 0 Å². The number of aliphatic hydroxyl groups is 1. The lowest BCUT2D eigenvalue weighted by Crippen LogP contribution is -2.46. The van der Waals surface area contributed by atoms with Crippen molar-refractivity contribution in [2.75, 3.05) is 19.7 Å². The lowest BCUT2D eigenvalue weighted by atomic mass is 10.0. The van der Waals surface area contributed by atoms with Crippen molar-refractivity contribution >= 4 is 5.84 Å². The maximum absolute atomic E-state index is 9.06. The van der Waals surface area contributed by atoms with Crippen molar-refractivity contribution in [1.82, 2.24) is 4.90 Å². The molecule has 5 nitrogen and oxygen atoms in total. The minimum absolute atomic E-state index is 0.151. The summed E-state index contributed by atoms with van der Waals surface area (Å²) in [7, 11) is 0. The van der Waals surface area contributed by atoms with Gasteiger partial charge in [0.25, 0.3) is 0 Å². The average molecular weight is 187 g/mol. The molecular weight excluding hydrogens is 170 g/mol. The first-order chi connectivity index (χ1) is 6.27. The van der Waals surface area contributed by atoms with Gasteiger partial charge in [-0.2, -0.15) is 0 Å². The molecule has 0 aliphatic carbocycles. The molecule has 0 amide bonds. The molecule has 1 heterocycles. The first kappa shape index (κ1) is 10.3. The highest BCUT2D eigenvalue weighted by Crippen LogP contribution is 2.15. The van der Waals surface area contributed by atoms with Crippen LogP contribution in [0.4, 0.5) is 0 Å². The molecule has 0 radical (unpaired) electrons. The minimum atomic E-state index is 0.151. The number of rotatable bonds is 3. The van der Waals surface area contributed by atoms with E-state index in [1.165, 1.54) is 0 Å². The van der Waals surface area contributed by atoms with Gasteiger partial charge in [-0.15, -0.1) is 0 Å². The highest BCUT2D eigenvalue weighted by Gasteiger charge is 2.21. The zero-order valence-electron chi connectivity index (χ0n) is 7.69. The van der Waals surface area contributed by atoms with Gasteiger partial charge in [0.1, 0.15) is 0 Å². The van der Waals surface area contributed by atoms with Crippen molar-refractivity contribution in [1.29, 1.82) is 0 Å². The molecule has 1 aliphatic rings. The molecule has 1 fully saturated rings. The smallest absolute Gasteiger partial charge is 0.153 e. The van der Waals surface area contributed by atoms with Crippen LogP contribution in [0.3, 0.4) is 0 Å². The fourth-order valence-corrected chi connectivity index (χ4v) is 1.71. The maximum Gasteiger partial charge on any atom is 0.153 e. The molecule has 5 heteroatoms. The second kappa shape index (κ2) is 5.04. The normalized spacial score (nSPS) is 26.2. The number of likely N-dealkylation sites (tertiary alicyclic amines) is 1. The highest BCUT2D eigenvalue weighted by molar-refractivity contribution is 5.81. The Morgan fingerprint density at radius 2 is 2.31 bits per heavy atom. The van der Waals surface area contributed by atoms with Gasteiger partial charge in [-0.05, 0) is 19.4 Å². The Morgan fingerprint density at radius 1 is 1.54 bits per heavy atom. The van der Waals surface area contributed by atoms with Crippen LogP contribution in [-0.2, 0) is 0 Å². The van der Waals surface area contributed by atoms with Crippen molar-refractivity contribution in [3.63, 3.8) is 0 Å². The minimum Gasteiger partial charge on any atom is -0.409 e. The van der Waals surface area contributed by atoms with Crippen molar-refractivity contribution in [2.45, 2.75) is 25.3 Å². The number of oxime groups is 1. The van der Waals surface area contributed by atoms with Gasteiger partial charge in [-0.3, -0.25) is 4.90 Å². The molecule has 1 unspecified atom stereocenters. The van der Waals surface area contributed by atoms with Crippen LogP contribution >= 0.6 is 0 Å². The maximum atomic E-state index is 9.06. The third kappa shape index (κ3) is 2.86. The lowest BCUT2D eigenvalue weighted by molar-refractivity contribution is 0.103. The highest BCUT2D eigenvalue weighted by atomic mass is 16.4. The fraction of sp³-hybridized carbons (Fsp3) is 0.875. The summed E-state index contributed by atoms with van der Waals surface area (Å²) in [4.78, 5) is 2.05. The molecule has 1 atom stereocenters. The monoisotopic (exact) mass is 187 g/mol. The summed E-state index contributed by atoms with van der Waals surface area (Å²) in [6.45, 7) is 1.52. The molecular formula is C8H17N3O2. The summed E-state index contributed by atoms with van der Waals surface area (Å²) < 4.78 is 0. The first-order valence-corrected chi connectivity index (χ1v) is 4.59. The zero-order chi connectivity index (χ0) is 9.68. The summed E-state index contributed by atoms with van der Waals surface area (Å²) in [5, 5.41) is 20.4. The van der Waals surface area contributed by atoms with Gasteiger partial charge in [-0.25, -0.2) is 0 Å². The van der Waals surface area contributed by atoms with E-state index in [0.29, 0.717) is 6.54 Å². The molecule has 4 N–H and O–H groups in total. The van der Waals surface area contributed by atoms with Crippen LogP contribution in [0.5, 0.6) is 0 Å². The van der Waals surface area contributed by atoms with E-state index in [-0.39, 0.29) is 18.5 Å². The standard InChI is InChI=1S/C8H17N3O2/c9-8(10-13)5-11-4-2-1-3-7(11)6-12/h7,12-13H,1-6H2,(H2,9,10). The van der Waals surface area contributed by atoms with E-state index < -0.39 is 0 Å². The number of nitrogens with two attached hydrogens (primary N) is 1. The molecule has 0 aromatic heterocycles. The fourth-order valence-electron chi connectivity index (χ4n) is 1.71. The van der Waals surface area contributed by atoms with Gasteiger partial charge in [-0.1, -0.05) is 11.6 Å².